The second-order valence-corrected chi connectivity index (χ2v) is 6.66. The minimum absolute atomic E-state index is 0.207. The van der Waals surface area contributed by atoms with Crippen LogP contribution in [0, 0.1) is 6.92 Å². The molecule has 0 fully saturated rings. The van der Waals surface area contributed by atoms with Crippen molar-refractivity contribution in [2.45, 2.75) is 11.8 Å². The molecule has 1 heterocycles. The number of aromatic amines is 1. The molecule has 22 heavy (non-hydrogen) atoms. The summed E-state index contributed by atoms with van der Waals surface area (Å²) in [5, 5.41) is 0.830. The van der Waals surface area contributed by atoms with E-state index in [0.717, 1.165) is 16.5 Å². The molecule has 0 aliphatic carbocycles. The highest BCUT2D eigenvalue weighted by molar-refractivity contribution is 7.92. The largest absolute Gasteiger partial charge is 0.496 e. The normalized spacial score (nSPS) is 11.5. The first-order valence-corrected chi connectivity index (χ1v) is 8.23. The number of methoxy groups -OCH3 is 1. The van der Waals surface area contributed by atoms with Crippen molar-refractivity contribution in [1.82, 2.24) is 4.98 Å². The van der Waals surface area contributed by atoms with E-state index in [2.05, 4.69) is 9.71 Å². The number of anilines is 1. The van der Waals surface area contributed by atoms with Gasteiger partial charge in [0.05, 0.1) is 17.7 Å². The van der Waals surface area contributed by atoms with Gasteiger partial charge in [-0.25, -0.2) is 8.42 Å². The smallest absolute Gasteiger partial charge is 0.261 e. The molecule has 0 aliphatic rings. The van der Waals surface area contributed by atoms with E-state index in [4.69, 9.17) is 4.74 Å². The maximum atomic E-state index is 12.6. The Kier molecular flexibility index (Phi) is 3.54. The number of ether oxygens (including phenoxy) is 1. The maximum Gasteiger partial charge on any atom is 0.261 e. The van der Waals surface area contributed by atoms with Gasteiger partial charge in [-0.2, -0.15) is 0 Å². The van der Waals surface area contributed by atoms with E-state index in [1.807, 2.05) is 19.1 Å². The average molecular weight is 316 g/mol. The van der Waals surface area contributed by atoms with Crippen molar-refractivity contribution in [2.75, 3.05) is 11.8 Å². The van der Waals surface area contributed by atoms with Gasteiger partial charge in [-0.05, 0) is 48.9 Å². The third-order valence-corrected chi connectivity index (χ3v) is 4.88. The van der Waals surface area contributed by atoms with Gasteiger partial charge in [-0.1, -0.05) is 6.07 Å². The molecule has 0 atom stereocenters. The van der Waals surface area contributed by atoms with Gasteiger partial charge >= 0.3 is 0 Å². The molecule has 0 radical (unpaired) electrons. The van der Waals surface area contributed by atoms with Crippen LogP contribution in [0.5, 0.6) is 5.75 Å². The quantitative estimate of drug-likeness (QED) is 0.776. The molecule has 1 aromatic heterocycles. The molecule has 0 aliphatic heterocycles. The molecular formula is C16H16N2O3S. The summed E-state index contributed by atoms with van der Waals surface area (Å²) in [4.78, 5) is 3.27. The molecule has 0 bridgehead atoms. The Morgan fingerprint density at radius 3 is 2.68 bits per heavy atom. The van der Waals surface area contributed by atoms with E-state index >= 15 is 0 Å². The number of H-pyrrole nitrogens is 1. The third-order valence-electron chi connectivity index (χ3n) is 3.52. The predicted molar refractivity (Wildman–Crippen MR) is 86.8 cm³/mol. The van der Waals surface area contributed by atoms with Gasteiger partial charge in [-0.15, -0.1) is 0 Å². The number of rotatable bonds is 4. The molecule has 0 saturated heterocycles. The fourth-order valence-corrected chi connectivity index (χ4v) is 3.56. The molecule has 0 unspecified atom stereocenters. The molecule has 5 nitrogen and oxygen atoms in total. The molecule has 0 amide bonds. The highest BCUT2D eigenvalue weighted by Gasteiger charge is 2.17. The molecule has 2 aromatic carbocycles. The Bertz CT molecular complexity index is 929. The Labute approximate surface area is 129 Å². The number of aromatic nitrogens is 1. The molecule has 3 aromatic rings. The highest BCUT2D eigenvalue weighted by atomic mass is 32.2. The van der Waals surface area contributed by atoms with Crippen molar-refractivity contribution in [3.63, 3.8) is 0 Å². The van der Waals surface area contributed by atoms with Crippen LogP contribution in [0.1, 0.15) is 5.56 Å². The van der Waals surface area contributed by atoms with Crippen LogP contribution in [-0.2, 0) is 10.0 Å². The van der Waals surface area contributed by atoms with Gasteiger partial charge in [-0.3, -0.25) is 4.72 Å². The van der Waals surface area contributed by atoms with E-state index in [1.165, 1.54) is 6.07 Å². The summed E-state index contributed by atoms with van der Waals surface area (Å²) in [5.74, 6) is 0.659. The van der Waals surface area contributed by atoms with Crippen LogP contribution in [0.4, 0.5) is 5.69 Å². The van der Waals surface area contributed by atoms with Crippen molar-refractivity contribution < 1.29 is 13.2 Å². The van der Waals surface area contributed by atoms with E-state index in [-0.39, 0.29) is 4.90 Å². The van der Waals surface area contributed by atoms with Crippen molar-refractivity contribution in [1.29, 1.82) is 0 Å². The zero-order valence-electron chi connectivity index (χ0n) is 12.3. The van der Waals surface area contributed by atoms with Crippen LogP contribution in [0.2, 0.25) is 0 Å². The van der Waals surface area contributed by atoms with Crippen molar-refractivity contribution in [3.8, 4) is 5.75 Å². The van der Waals surface area contributed by atoms with Crippen LogP contribution in [0.25, 0.3) is 10.9 Å². The highest BCUT2D eigenvalue weighted by Crippen LogP contribution is 2.27. The van der Waals surface area contributed by atoms with Crippen LogP contribution in [-0.4, -0.2) is 20.5 Å². The summed E-state index contributed by atoms with van der Waals surface area (Å²) in [7, 11) is -2.09. The predicted octanol–water partition coefficient (Wildman–Crippen LogP) is 3.29. The second kappa shape index (κ2) is 5.38. The Hall–Kier alpha value is -2.47. The fourth-order valence-electron chi connectivity index (χ4n) is 2.40. The van der Waals surface area contributed by atoms with Crippen molar-refractivity contribution >= 4 is 26.6 Å². The zero-order valence-corrected chi connectivity index (χ0v) is 13.1. The lowest BCUT2D eigenvalue weighted by Gasteiger charge is -2.11. The Balaban J connectivity index is 2.00. The number of hydrogen-bond donors (Lipinski definition) is 2. The van der Waals surface area contributed by atoms with Crippen LogP contribution < -0.4 is 9.46 Å². The number of benzene rings is 2. The first-order chi connectivity index (χ1) is 10.5. The Morgan fingerprint density at radius 2 is 1.95 bits per heavy atom. The molecule has 114 valence electrons. The summed E-state index contributed by atoms with van der Waals surface area (Å²) in [6.07, 6.45) is 1.78. The summed E-state index contributed by atoms with van der Waals surface area (Å²) in [5.41, 5.74) is 2.20. The lowest BCUT2D eigenvalue weighted by atomic mass is 10.2. The molecule has 6 heteroatoms. The first-order valence-electron chi connectivity index (χ1n) is 6.75. The maximum absolute atomic E-state index is 12.6. The molecule has 3 rings (SSSR count). The minimum atomic E-state index is -3.65. The van der Waals surface area contributed by atoms with E-state index in [0.29, 0.717) is 11.4 Å². The minimum Gasteiger partial charge on any atom is -0.496 e. The van der Waals surface area contributed by atoms with Crippen LogP contribution >= 0.6 is 0 Å². The summed E-state index contributed by atoms with van der Waals surface area (Å²) < 4.78 is 32.9. The molecular weight excluding hydrogens is 300 g/mol. The molecule has 2 N–H and O–H groups in total. The monoisotopic (exact) mass is 316 g/mol. The zero-order chi connectivity index (χ0) is 15.7. The summed E-state index contributed by atoms with van der Waals surface area (Å²) >= 11 is 0. The number of nitrogens with one attached hydrogen (secondary N) is 2. The van der Waals surface area contributed by atoms with Crippen LogP contribution in [0.15, 0.2) is 53.6 Å². The summed E-state index contributed by atoms with van der Waals surface area (Å²) in [6, 6.07) is 12.1. The average Bonchev–Trinajstić information content (AvgIpc) is 2.96. The van der Waals surface area contributed by atoms with E-state index < -0.39 is 10.0 Å². The molecule has 0 spiro atoms. The van der Waals surface area contributed by atoms with Crippen molar-refractivity contribution in [3.05, 3.63) is 54.2 Å². The van der Waals surface area contributed by atoms with Gasteiger partial charge in [0.15, 0.2) is 0 Å². The standard InChI is InChI=1S/C16H16N2O3S/c1-11-10-12(6-7-16(11)21-2)22(19,20)18-15-5-3-4-14-13(15)8-9-17-14/h3-10,17-18H,1-2H3. The van der Waals surface area contributed by atoms with Gasteiger partial charge in [0, 0.05) is 17.1 Å². The number of aryl methyl sites for hydroxylation is 1. The van der Waals surface area contributed by atoms with Gasteiger partial charge in [0.1, 0.15) is 5.75 Å². The number of fused-ring (bicyclic) bond motifs is 1. The van der Waals surface area contributed by atoms with Crippen molar-refractivity contribution in [2.24, 2.45) is 0 Å². The third kappa shape index (κ3) is 2.53. The fraction of sp³-hybridized carbons (Fsp3) is 0.125. The van der Waals surface area contributed by atoms with Crippen LogP contribution in [0.3, 0.4) is 0 Å². The lowest BCUT2D eigenvalue weighted by Crippen LogP contribution is -2.13. The molecule has 0 saturated carbocycles. The topological polar surface area (TPSA) is 71.2 Å². The van der Waals surface area contributed by atoms with E-state index in [9.17, 15) is 8.42 Å². The first kappa shape index (κ1) is 14.5. The van der Waals surface area contributed by atoms with E-state index in [1.54, 1.807) is 37.6 Å². The number of sulfonamides is 1. The Morgan fingerprint density at radius 1 is 1.14 bits per heavy atom. The van der Waals surface area contributed by atoms with Gasteiger partial charge in [0.2, 0.25) is 0 Å². The second-order valence-electron chi connectivity index (χ2n) is 4.98. The summed E-state index contributed by atoms with van der Waals surface area (Å²) in [6.45, 7) is 1.81. The SMILES string of the molecule is COc1ccc(S(=O)(=O)Nc2cccc3[nH]ccc23)cc1C. The van der Waals surface area contributed by atoms with Gasteiger partial charge in [0.25, 0.3) is 10.0 Å². The number of hydrogen-bond acceptors (Lipinski definition) is 3. The lowest BCUT2D eigenvalue weighted by molar-refractivity contribution is 0.411. The van der Waals surface area contributed by atoms with Gasteiger partial charge < -0.3 is 9.72 Å².